The lowest BCUT2D eigenvalue weighted by molar-refractivity contribution is -0.131. The van der Waals surface area contributed by atoms with Crippen molar-refractivity contribution < 1.29 is 9.90 Å². The third-order valence-corrected chi connectivity index (χ3v) is 2.39. The second-order valence-electron chi connectivity index (χ2n) is 2.97. The summed E-state index contributed by atoms with van der Waals surface area (Å²) in [5.74, 6) is -0.926. The first-order chi connectivity index (χ1) is 6.61. The first-order valence-corrected chi connectivity index (χ1v) is 4.62. The number of hydrogen-bond donors (Lipinski definition) is 1. The molecule has 0 saturated heterocycles. The second kappa shape index (κ2) is 4.82. The number of carboxylic acid groups (broad SMARTS) is 1. The van der Waals surface area contributed by atoms with Crippen LogP contribution in [0.5, 0.6) is 0 Å². The van der Waals surface area contributed by atoms with E-state index in [0.29, 0.717) is 11.4 Å². The van der Waals surface area contributed by atoms with Crippen LogP contribution in [-0.2, 0) is 11.2 Å². The van der Waals surface area contributed by atoms with Gasteiger partial charge in [0.05, 0.1) is 0 Å². The van der Waals surface area contributed by atoms with Gasteiger partial charge in [-0.05, 0) is 30.5 Å². The van der Waals surface area contributed by atoms with Gasteiger partial charge in [-0.1, -0.05) is 29.8 Å². The highest BCUT2D eigenvalue weighted by Crippen LogP contribution is 2.19. The normalized spacial score (nSPS) is 10.7. The van der Waals surface area contributed by atoms with Gasteiger partial charge in [0.2, 0.25) is 0 Å². The molecule has 0 aliphatic heterocycles. The van der Waals surface area contributed by atoms with Gasteiger partial charge in [0.1, 0.15) is 0 Å². The minimum absolute atomic E-state index is 0.596. The molecule has 1 aromatic rings. The fourth-order valence-electron chi connectivity index (χ4n) is 1.16. The van der Waals surface area contributed by atoms with Crippen LogP contribution < -0.4 is 0 Å². The van der Waals surface area contributed by atoms with E-state index in [1.54, 1.807) is 6.08 Å². The molecule has 3 heteroatoms. The maximum atomic E-state index is 10.2. The summed E-state index contributed by atoms with van der Waals surface area (Å²) >= 11 is 5.91. The molecule has 0 aliphatic carbocycles. The maximum Gasteiger partial charge on any atom is 0.327 e. The van der Waals surface area contributed by atoms with E-state index >= 15 is 0 Å². The summed E-state index contributed by atoms with van der Waals surface area (Å²) in [6, 6.07) is 5.62. The van der Waals surface area contributed by atoms with E-state index in [2.05, 4.69) is 0 Å². The van der Waals surface area contributed by atoms with Crippen LogP contribution in [-0.4, -0.2) is 11.1 Å². The molecule has 0 saturated carbocycles. The quantitative estimate of drug-likeness (QED) is 0.779. The topological polar surface area (TPSA) is 37.3 Å². The van der Waals surface area contributed by atoms with E-state index in [4.69, 9.17) is 16.7 Å². The number of rotatable bonds is 3. The molecule has 0 amide bonds. The zero-order chi connectivity index (χ0) is 10.6. The number of allylic oxidation sites excluding steroid dienone is 1. The summed E-state index contributed by atoms with van der Waals surface area (Å²) in [6.45, 7) is 1.92. The molecule has 0 spiro atoms. The highest BCUT2D eigenvalue weighted by molar-refractivity contribution is 6.31. The Morgan fingerprint density at radius 3 is 2.93 bits per heavy atom. The molecule has 74 valence electrons. The highest BCUT2D eigenvalue weighted by atomic mass is 35.5. The Kier molecular flexibility index (Phi) is 3.72. The third kappa shape index (κ3) is 2.89. The number of carbonyl (C=O) groups is 1. The third-order valence-electron chi connectivity index (χ3n) is 1.98. The van der Waals surface area contributed by atoms with Crippen molar-refractivity contribution in [2.75, 3.05) is 0 Å². The standard InChI is InChI=1S/C11H11ClO2/c1-8-9(4-2-6-10(8)12)5-3-7-11(13)14/h2-4,6-7H,5H2,1H3,(H,13,14)/b7-3+. The summed E-state index contributed by atoms with van der Waals surface area (Å²) in [5.41, 5.74) is 2.05. The smallest absolute Gasteiger partial charge is 0.327 e. The average Bonchev–Trinajstić information content (AvgIpc) is 2.12. The van der Waals surface area contributed by atoms with Crippen LogP contribution in [0.4, 0.5) is 0 Å². The number of carboxylic acids is 1. The zero-order valence-electron chi connectivity index (χ0n) is 7.83. The number of benzene rings is 1. The van der Waals surface area contributed by atoms with E-state index in [1.807, 2.05) is 25.1 Å². The summed E-state index contributed by atoms with van der Waals surface area (Å²) in [7, 11) is 0. The lowest BCUT2D eigenvalue weighted by atomic mass is 10.1. The van der Waals surface area contributed by atoms with E-state index < -0.39 is 5.97 Å². The lowest BCUT2D eigenvalue weighted by Crippen LogP contribution is -1.90. The molecule has 1 N–H and O–H groups in total. The highest BCUT2D eigenvalue weighted by Gasteiger charge is 1.99. The molecule has 0 aromatic heterocycles. The molecule has 0 bridgehead atoms. The molecular weight excluding hydrogens is 200 g/mol. The van der Waals surface area contributed by atoms with Crippen LogP contribution in [0.25, 0.3) is 0 Å². The van der Waals surface area contributed by atoms with E-state index in [9.17, 15) is 4.79 Å². The van der Waals surface area contributed by atoms with Crippen LogP contribution >= 0.6 is 11.6 Å². The van der Waals surface area contributed by atoms with Crippen molar-refractivity contribution in [3.63, 3.8) is 0 Å². The van der Waals surface area contributed by atoms with Crippen LogP contribution in [0.15, 0.2) is 30.4 Å². The Hall–Kier alpha value is -1.28. The summed E-state index contributed by atoms with van der Waals surface area (Å²) in [6.07, 6.45) is 3.35. The average molecular weight is 211 g/mol. The summed E-state index contributed by atoms with van der Waals surface area (Å²) in [5, 5.41) is 9.12. The fourth-order valence-corrected chi connectivity index (χ4v) is 1.35. The monoisotopic (exact) mass is 210 g/mol. The van der Waals surface area contributed by atoms with Gasteiger partial charge in [-0.15, -0.1) is 0 Å². The molecule has 1 aromatic carbocycles. The van der Waals surface area contributed by atoms with E-state index in [1.165, 1.54) is 0 Å². The Bertz CT molecular complexity index is 370. The molecule has 0 aliphatic rings. The van der Waals surface area contributed by atoms with Crippen molar-refractivity contribution in [1.82, 2.24) is 0 Å². The largest absolute Gasteiger partial charge is 0.478 e. The van der Waals surface area contributed by atoms with Crippen molar-refractivity contribution in [3.8, 4) is 0 Å². The van der Waals surface area contributed by atoms with Crippen molar-refractivity contribution in [2.24, 2.45) is 0 Å². The predicted molar refractivity (Wildman–Crippen MR) is 56.7 cm³/mol. The fraction of sp³-hybridized carbons (Fsp3) is 0.182. The van der Waals surface area contributed by atoms with Crippen molar-refractivity contribution in [2.45, 2.75) is 13.3 Å². The number of aliphatic carboxylic acids is 1. The van der Waals surface area contributed by atoms with E-state index in [0.717, 1.165) is 17.2 Å². The molecule has 14 heavy (non-hydrogen) atoms. The van der Waals surface area contributed by atoms with Gasteiger partial charge < -0.3 is 5.11 Å². The Morgan fingerprint density at radius 1 is 1.57 bits per heavy atom. The Balaban J connectivity index is 2.77. The molecule has 0 radical (unpaired) electrons. The lowest BCUT2D eigenvalue weighted by Gasteiger charge is -2.03. The van der Waals surface area contributed by atoms with Crippen LogP contribution in [0.2, 0.25) is 5.02 Å². The van der Waals surface area contributed by atoms with Crippen molar-refractivity contribution >= 4 is 17.6 Å². The van der Waals surface area contributed by atoms with Crippen LogP contribution in [0, 0.1) is 6.92 Å². The first kappa shape index (κ1) is 10.8. The molecule has 2 nitrogen and oxygen atoms in total. The minimum atomic E-state index is -0.926. The van der Waals surface area contributed by atoms with Crippen molar-refractivity contribution in [1.29, 1.82) is 0 Å². The number of halogens is 1. The van der Waals surface area contributed by atoms with Gasteiger partial charge in [0.25, 0.3) is 0 Å². The van der Waals surface area contributed by atoms with Crippen molar-refractivity contribution in [3.05, 3.63) is 46.5 Å². The molecule has 0 atom stereocenters. The number of hydrogen-bond acceptors (Lipinski definition) is 1. The van der Waals surface area contributed by atoms with Gasteiger partial charge in [-0.2, -0.15) is 0 Å². The SMILES string of the molecule is Cc1c(Cl)cccc1C/C=C/C(=O)O. The van der Waals surface area contributed by atoms with Crippen LogP contribution in [0.3, 0.4) is 0 Å². The second-order valence-corrected chi connectivity index (χ2v) is 3.38. The van der Waals surface area contributed by atoms with E-state index in [-0.39, 0.29) is 0 Å². The molecule has 1 rings (SSSR count). The summed E-state index contributed by atoms with van der Waals surface area (Å²) < 4.78 is 0. The van der Waals surface area contributed by atoms with Gasteiger partial charge in [0, 0.05) is 11.1 Å². The Labute approximate surface area is 87.8 Å². The molecule has 0 fully saturated rings. The first-order valence-electron chi connectivity index (χ1n) is 4.24. The van der Waals surface area contributed by atoms with Gasteiger partial charge in [-0.3, -0.25) is 0 Å². The molecular formula is C11H11ClO2. The van der Waals surface area contributed by atoms with Gasteiger partial charge >= 0.3 is 5.97 Å². The zero-order valence-corrected chi connectivity index (χ0v) is 8.58. The summed E-state index contributed by atoms with van der Waals surface area (Å²) in [4.78, 5) is 10.2. The van der Waals surface area contributed by atoms with Gasteiger partial charge in [-0.25, -0.2) is 4.79 Å². The molecule has 0 heterocycles. The van der Waals surface area contributed by atoms with Gasteiger partial charge in [0.15, 0.2) is 0 Å². The molecule has 0 unspecified atom stereocenters. The maximum absolute atomic E-state index is 10.2. The minimum Gasteiger partial charge on any atom is -0.478 e. The predicted octanol–water partition coefficient (Wildman–Crippen LogP) is 2.83. The Morgan fingerprint density at radius 2 is 2.29 bits per heavy atom. The van der Waals surface area contributed by atoms with Crippen LogP contribution in [0.1, 0.15) is 11.1 Å².